The van der Waals surface area contributed by atoms with Crippen molar-refractivity contribution in [1.29, 1.82) is 0 Å². The minimum Gasteiger partial charge on any atom is -0.355 e. The van der Waals surface area contributed by atoms with Crippen molar-refractivity contribution < 1.29 is 9.59 Å². The molecule has 2 amide bonds. The van der Waals surface area contributed by atoms with Crippen molar-refractivity contribution in [2.45, 2.75) is 46.6 Å². The zero-order valence-corrected chi connectivity index (χ0v) is 15.1. The Hall–Kier alpha value is -1.85. The number of hydrogen-bond donors (Lipinski definition) is 1. The maximum Gasteiger partial charge on any atom is 0.225 e. The Morgan fingerprint density at radius 3 is 2.83 bits per heavy atom. The zero-order chi connectivity index (χ0) is 17.5. The van der Waals surface area contributed by atoms with E-state index < -0.39 is 0 Å². The molecule has 0 bridgehead atoms. The van der Waals surface area contributed by atoms with Crippen molar-refractivity contribution in [2.75, 3.05) is 19.6 Å². The Kier molecular flexibility index (Phi) is 6.82. The van der Waals surface area contributed by atoms with Crippen molar-refractivity contribution in [3.05, 3.63) is 18.5 Å². The van der Waals surface area contributed by atoms with E-state index in [4.69, 9.17) is 0 Å². The van der Waals surface area contributed by atoms with Crippen LogP contribution in [-0.2, 0) is 16.1 Å². The Balaban J connectivity index is 1.78. The van der Waals surface area contributed by atoms with Gasteiger partial charge < -0.3 is 10.2 Å². The predicted molar refractivity (Wildman–Crippen MR) is 93.2 cm³/mol. The van der Waals surface area contributed by atoms with Crippen molar-refractivity contribution >= 4 is 11.8 Å². The summed E-state index contributed by atoms with van der Waals surface area (Å²) in [5.41, 5.74) is 0. The number of nitrogens with one attached hydrogen (secondary N) is 1. The molecule has 134 valence electrons. The molecule has 0 aliphatic carbocycles. The van der Waals surface area contributed by atoms with Crippen LogP contribution in [0.25, 0.3) is 0 Å². The first-order valence-corrected chi connectivity index (χ1v) is 9.05. The number of amides is 2. The molecule has 1 aliphatic rings. The number of piperidine rings is 1. The lowest BCUT2D eigenvalue weighted by Gasteiger charge is -2.33. The lowest BCUT2D eigenvalue weighted by Crippen LogP contribution is -2.47. The van der Waals surface area contributed by atoms with Gasteiger partial charge in [-0.3, -0.25) is 14.3 Å². The second-order valence-corrected chi connectivity index (χ2v) is 7.01. The number of nitrogens with zero attached hydrogens (tertiary/aromatic N) is 3. The van der Waals surface area contributed by atoms with E-state index in [0.29, 0.717) is 19.0 Å². The van der Waals surface area contributed by atoms with Crippen LogP contribution >= 0.6 is 0 Å². The van der Waals surface area contributed by atoms with Gasteiger partial charge in [-0.15, -0.1) is 0 Å². The summed E-state index contributed by atoms with van der Waals surface area (Å²) in [6.45, 7) is 8.85. The van der Waals surface area contributed by atoms with Gasteiger partial charge in [0.25, 0.3) is 0 Å². The molecule has 0 radical (unpaired) electrons. The molecule has 1 aromatic rings. The maximum absolute atomic E-state index is 12.4. The molecule has 6 heteroatoms. The molecule has 0 unspecified atom stereocenters. The van der Waals surface area contributed by atoms with E-state index in [9.17, 15) is 9.59 Å². The van der Waals surface area contributed by atoms with E-state index in [0.717, 1.165) is 32.4 Å². The van der Waals surface area contributed by atoms with Crippen LogP contribution in [0.15, 0.2) is 18.5 Å². The van der Waals surface area contributed by atoms with Crippen LogP contribution < -0.4 is 5.32 Å². The lowest BCUT2D eigenvalue weighted by atomic mass is 9.95. The molecule has 1 fully saturated rings. The van der Waals surface area contributed by atoms with Gasteiger partial charge in [0.15, 0.2) is 0 Å². The number of aromatic nitrogens is 2. The standard InChI is InChI=1S/C18H30N4O2/c1-4-15(3)18(24)21-9-5-7-16(13-21)17(23)19-11-14(2)12-22-10-6-8-20-22/h6,8,10,14-16H,4-5,7,9,11-13H2,1-3H3,(H,19,23)/t14-,15+,16-/m1/s1. The number of likely N-dealkylation sites (tertiary alicyclic amines) is 1. The number of hydrogen-bond acceptors (Lipinski definition) is 3. The van der Waals surface area contributed by atoms with Gasteiger partial charge in [-0.25, -0.2) is 0 Å². The second kappa shape index (κ2) is 8.85. The molecule has 0 spiro atoms. The summed E-state index contributed by atoms with van der Waals surface area (Å²) in [7, 11) is 0. The molecule has 2 heterocycles. The predicted octanol–water partition coefficient (Wildman–Crippen LogP) is 1.92. The highest BCUT2D eigenvalue weighted by Gasteiger charge is 2.29. The number of rotatable bonds is 7. The van der Waals surface area contributed by atoms with E-state index in [2.05, 4.69) is 17.3 Å². The Morgan fingerprint density at radius 1 is 1.38 bits per heavy atom. The van der Waals surface area contributed by atoms with Crippen LogP contribution in [0.5, 0.6) is 0 Å². The monoisotopic (exact) mass is 334 g/mol. The normalized spacial score (nSPS) is 20.5. The van der Waals surface area contributed by atoms with Crippen LogP contribution in [0.4, 0.5) is 0 Å². The molecular weight excluding hydrogens is 304 g/mol. The van der Waals surface area contributed by atoms with E-state index >= 15 is 0 Å². The molecule has 1 aliphatic heterocycles. The minimum atomic E-state index is -0.0799. The second-order valence-electron chi connectivity index (χ2n) is 7.01. The fourth-order valence-electron chi connectivity index (χ4n) is 3.09. The smallest absolute Gasteiger partial charge is 0.225 e. The molecule has 0 saturated carbocycles. The average Bonchev–Trinajstić information content (AvgIpc) is 3.11. The molecule has 0 aromatic carbocycles. The first kappa shape index (κ1) is 18.5. The minimum absolute atomic E-state index is 0.0425. The molecule has 6 nitrogen and oxygen atoms in total. The van der Waals surface area contributed by atoms with E-state index in [-0.39, 0.29) is 23.7 Å². The van der Waals surface area contributed by atoms with Gasteiger partial charge in [-0.1, -0.05) is 20.8 Å². The highest BCUT2D eigenvalue weighted by molar-refractivity contribution is 5.82. The third kappa shape index (κ3) is 5.08. The molecule has 1 N–H and O–H groups in total. The fourth-order valence-corrected chi connectivity index (χ4v) is 3.09. The van der Waals surface area contributed by atoms with Gasteiger partial charge in [0.05, 0.1) is 5.92 Å². The first-order valence-electron chi connectivity index (χ1n) is 9.05. The largest absolute Gasteiger partial charge is 0.355 e. The summed E-state index contributed by atoms with van der Waals surface area (Å²) in [5, 5.41) is 7.24. The highest BCUT2D eigenvalue weighted by Crippen LogP contribution is 2.19. The summed E-state index contributed by atoms with van der Waals surface area (Å²) in [4.78, 5) is 26.6. The van der Waals surface area contributed by atoms with Crippen LogP contribution in [0.2, 0.25) is 0 Å². The molecule has 2 rings (SSSR count). The van der Waals surface area contributed by atoms with Crippen LogP contribution in [-0.4, -0.2) is 46.1 Å². The maximum atomic E-state index is 12.4. The van der Waals surface area contributed by atoms with Gasteiger partial charge in [0, 0.05) is 44.5 Å². The quantitative estimate of drug-likeness (QED) is 0.828. The third-order valence-electron chi connectivity index (χ3n) is 4.82. The molecule has 3 atom stereocenters. The van der Waals surface area contributed by atoms with Gasteiger partial charge >= 0.3 is 0 Å². The lowest BCUT2D eigenvalue weighted by molar-refractivity contribution is -0.139. The summed E-state index contributed by atoms with van der Waals surface area (Å²) in [5.74, 6) is 0.533. The topological polar surface area (TPSA) is 67.2 Å². The third-order valence-corrected chi connectivity index (χ3v) is 4.82. The first-order chi connectivity index (χ1) is 11.5. The van der Waals surface area contributed by atoms with Crippen molar-refractivity contribution in [3.8, 4) is 0 Å². The highest BCUT2D eigenvalue weighted by atomic mass is 16.2. The molecular formula is C18H30N4O2. The molecule has 1 aromatic heterocycles. The summed E-state index contributed by atoms with van der Waals surface area (Å²) < 4.78 is 1.88. The van der Waals surface area contributed by atoms with Gasteiger partial charge in [0.2, 0.25) is 11.8 Å². The number of carbonyl (C=O) groups is 2. The van der Waals surface area contributed by atoms with E-state index in [1.165, 1.54) is 0 Å². The van der Waals surface area contributed by atoms with Gasteiger partial charge in [-0.2, -0.15) is 5.10 Å². The Labute approximate surface area is 144 Å². The summed E-state index contributed by atoms with van der Waals surface area (Å²) in [6, 6.07) is 1.90. The fraction of sp³-hybridized carbons (Fsp3) is 0.722. The van der Waals surface area contributed by atoms with Crippen molar-refractivity contribution in [1.82, 2.24) is 20.0 Å². The SMILES string of the molecule is CC[C@H](C)C(=O)N1CCC[C@@H](C(=O)NC[C@@H](C)Cn2cccn2)C1. The van der Waals surface area contributed by atoms with Gasteiger partial charge in [-0.05, 0) is 31.2 Å². The van der Waals surface area contributed by atoms with Gasteiger partial charge in [0.1, 0.15) is 0 Å². The number of carbonyl (C=O) groups excluding carboxylic acids is 2. The summed E-state index contributed by atoms with van der Waals surface area (Å²) in [6.07, 6.45) is 6.30. The zero-order valence-electron chi connectivity index (χ0n) is 15.1. The van der Waals surface area contributed by atoms with Crippen molar-refractivity contribution in [2.24, 2.45) is 17.8 Å². The van der Waals surface area contributed by atoms with Crippen molar-refractivity contribution in [3.63, 3.8) is 0 Å². The van der Waals surface area contributed by atoms with E-state index in [1.54, 1.807) is 6.20 Å². The van der Waals surface area contributed by atoms with Crippen LogP contribution in [0, 0.1) is 17.8 Å². The van der Waals surface area contributed by atoms with E-state index in [1.807, 2.05) is 35.7 Å². The Bertz CT molecular complexity index is 529. The summed E-state index contributed by atoms with van der Waals surface area (Å²) >= 11 is 0. The van der Waals surface area contributed by atoms with Crippen LogP contribution in [0.3, 0.4) is 0 Å². The molecule has 24 heavy (non-hydrogen) atoms. The van der Waals surface area contributed by atoms with Crippen LogP contribution in [0.1, 0.15) is 40.0 Å². The molecule has 1 saturated heterocycles. The Morgan fingerprint density at radius 2 is 2.17 bits per heavy atom. The average molecular weight is 334 g/mol.